The zero-order valence-electron chi connectivity index (χ0n) is 10.4. The minimum absolute atomic E-state index is 0.665. The van der Waals surface area contributed by atoms with Crippen molar-refractivity contribution in [1.82, 2.24) is 25.0 Å². The Balaban J connectivity index is 2.09. The Bertz CT molecular complexity index is 927. The molecule has 0 fully saturated rings. The topological polar surface area (TPSA) is 82.5 Å². The fraction of sp³-hybridized carbons (Fsp3) is 0. The normalized spacial score (nSPS) is 11.2. The number of para-hydroxylation sites is 1. The van der Waals surface area contributed by atoms with Crippen LogP contribution in [0.1, 0.15) is 0 Å². The van der Waals surface area contributed by atoms with Crippen molar-refractivity contribution < 1.29 is 0 Å². The predicted molar refractivity (Wildman–Crippen MR) is 76.4 cm³/mol. The molecule has 6 nitrogen and oxygen atoms in total. The molecule has 0 atom stereocenters. The first kappa shape index (κ1) is 10.9. The lowest BCUT2D eigenvalue weighted by Crippen LogP contribution is -2.02. The Kier molecular flexibility index (Phi) is 2.17. The monoisotopic (exact) mass is 262 g/mol. The van der Waals surface area contributed by atoms with Crippen LogP contribution in [0, 0.1) is 0 Å². The molecule has 0 spiro atoms. The van der Waals surface area contributed by atoms with Gasteiger partial charge in [0.05, 0.1) is 11.0 Å². The highest BCUT2D eigenvalue weighted by molar-refractivity contribution is 5.89. The van der Waals surface area contributed by atoms with E-state index in [0.717, 1.165) is 21.9 Å². The lowest BCUT2D eigenvalue weighted by molar-refractivity contribution is 0.805. The van der Waals surface area contributed by atoms with E-state index in [0.29, 0.717) is 11.5 Å². The standard InChI is InChI=1S/C14H10N6/c15-9-5-6-11-10(7-9)14(17-8-16-11)20-13-4-2-1-3-12(13)18-19-20/h1-8H,15H2. The molecule has 96 valence electrons. The van der Waals surface area contributed by atoms with E-state index in [1.54, 1.807) is 4.68 Å². The summed E-state index contributed by atoms with van der Waals surface area (Å²) < 4.78 is 1.71. The molecule has 0 saturated carbocycles. The Morgan fingerprint density at radius 1 is 0.950 bits per heavy atom. The number of nitrogens with two attached hydrogens (primary N) is 1. The van der Waals surface area contributed by atoms with Gasteiger partial charge in [0, 0.05) is 11.1 Å². The molecule has 0 saturated heterocycles. The van der Waals surface area contributed by atoms with Crippen molar-refractivity contribution in [1.29, 1.82) is 0 Å². The lowest BCUT2D eigenvalue weighted by atomic mass is 10.2. The van der Waals surface area contributed by atoms with E-state index in [4.69, 9.17) is 5.73 Å². The highest BCUT2D eigenvalue weighted by Crippen LogP contribution is 2.23. The number of benzene rings is 2. The molecule has 6 heteroatoms. The smallest absolute Gasteiger partial charge is 0.167 e. The molecule has 2 aromatic carbocycles. The average Bonchev–Trinajstić information content (AvgIpc) is 2.90. The summed E-state index contributed by atoms with van der Waals surface area (Å²) in [5.74, 6) is 0.677. The highest BCUT2D eigenvalue weighted by atomic mass is 15.4. The molecular weight excluding hydrogens is 252 g/mol. The maximum Gasteiger partial charge on any atom is 0.167 e. The summed E-state index contributed by atoms with van der Waals surface area (Å²) in [5.41, 5.74) is 9.07. The average molecular weight is 262 g/mol. The van der Waals surface area contributed by atoms with Gasteiger partial charge < -0.3 is 5.73 Å². The van der Waals surface area contributed by atoms with Gasteiger partial charge in [-0.1, -0.05) is 17.3 Å². The molecule has 0 aliphatic rings. The maximum atomic E-state index is 5.86. The van der Waals surface area contributed by atoms with Crippen LogP contribution < -0.4 is 5.73 Å². The van der Waals surface area contributed by atoms with E-state index < -0.39 is 0 Å². The van der Waals surface area contributed by atoms with Gasteiger partial charge >= 0.3 is 0 Å². The summed E-state index contributed by atoms with van der Waals surface area (Å²) in [6.07, 6.45) is 1.52. The molecule has 0 aliphatic carbocycles. The first-order valence-electron chi connectivity index (χ1n) is 6.14. The summed E-state index contributed by atoms with van der Waals surface area (Å²) >= 11 is 0. The minimum Gasteiger partial charge on any atom is -0.399 e. The summed E-state index contributed by atoms with van der Waals surface area (Å²) in [6, 6.07) is 13.3. The van der Waals surface area contributed by atoms with Gasteiger partial charge in [-0.15, -0.1) is 5.10 Å². The minimum atomic E-state index is 0.665. The van der Waals surface area contributed by atoms with Gasteiger partial charge in [-0.3, -0.25) is 0 Å². The van der Waals surface area contributed by atoms with Crippen LogP contribution in [0.15, 0.2) is 48.8 Å². The zero-order chi connectivity index (χ0) is 13.5. The third kappa shape index (κ3) is 1.51. The fourth-order valence-corrected chi connectivity index (χ4v) is 2.25. The van der Waals surface area contributed by atoms with Crippen LogP contribution in [0.4, 0.5) is 5.69 Å². The van der Waals surface area contributed by atoms with Crippen molar-refractivity contribution in [3.8, 4) is 5.82 Å². The van der Waals surface area contributed by atoms with Crippen LogP contribution in [-0.2, 0) is 0 Å². The summed E-state index contributed by atoms with van der Waals surface area (Å²) in [5, 5.41) is 9.18. The molecule has 2 heterocycles. The second kappa shape index (κ2) is 3.99. The van der Waals surface area contributed by atoms with Crippen molar-refractivity contribution in [3.05, 3.63) is 48.8 Å². The van der Waals surface area contributed by atoms with Gasteiger partial charge in [0.2, 0.25) is 0 Å². The molecular formula is C14H10N6. The van der Waals surface area contributed by atoms with Crippen LogP contribution in [-0.4, -0.2) is 25.0 Å². The number of fused-ring (bicyclic) bond motifs is 2. The van der Waals surface area contributed by atoms with Gasteiger partial charge in [0.15, 0.2) is 5.82 Å². The molecule has 4 rings (SSSR count). The first-order valence-corrected chi connectivity index (χ1v) is 6.14. The second-order valence-electron chi connectivity index (χ2n) is 4.46. The third-order valence-corrected chi connectivity index (χ3v) is 3.19. The van der Waals surface area contributed by atoms with E-state index in [1.807, 2.05) is 42.5 Å². The van der Waals surface area contributed by atoms with Gasteiger partial charge in [-0.25, -0.2) is 9.97 Å². The van der Waals surface area contributed by atoms with E-state index in [2.05, 4.69) is 20.3 Å². The van der Waals surface area contributed by atoms with E-state index in [1.165, 1.54) is 6.33 Å². The molecule has 2 aromatic heterocycles. The summed E-state index contributed by atoms with van der Waals surface area (Å²) in [7, 11) is 0. The van der Waals surface area contributed by atoms with Crippen molar-refractivity contribution in [2.24, 2.45) is 0 Å². The molecule has 0 radical (unpaired) electrons. The largest absolute Gasteiger partial charge is 0.399 e. The van der Waals surface area contributed by atoms with Gasteiger partial charge in [0.25, 0.3) is 0 Å². The first-order chi connectivity index (χ1) is 9.83. The van der Waals surface area contributed by atoms with Crippen molar-refractivity contribution in [3.63, 3.8) is 0 Å². The maximum absolute atomic E-state index is 5.86. The van der Waals surface area contributed by atoms with Gasteiger partial charge in [0.1, 0.15) is 11.8 Å². The highest BCUT2D eigenvalue weighted by Gasteiger charge is 2.11. The quantitative estimate of drug-likeness (QED) is 0.530. The van der Waals surface area contributed by atoms with Gasteiger partial charge in [-0.2, -0.15) is 4.68 Å². The van der Waals surface area contributed by atoms with E-state index in [9.17, 15) is 0 Å². The number of hydrogen-bond donors (Lipinski definition) is 1. The Morgan fingerprint density at radius 2 is 1.85 bits per heavy atom. The molecule has 0 bridgehead atoms. The fourth-order valence-electron chi connectivity index (χ4n) is 2.25. The Morgan fingerprint density at radius 3 is 2.80 bits per heavy atom. The summed E-state index contributed by atoms with van der Waals surface area (Å²) in [4.78, 5) is 8.58. The molecule has 0 amide bonds. The van der Waals surface area contributed by atoms with Gasteiger partial charge in [-0.05, 0) is 30.3 Å². The van der Waals surface area contributed by atoms with Crippen LogP contribution in [0.5, 0.6) is 0 Å². The number of nitrogen functional groups attached to an aromatic ring is 1. The SMILES string of the molecule is Nc1ccc2ncnc(-n3nnc4ccccc43)c2c1. The molecule has 20 heavy (non-hydrogen) atoms. The number of aromatic nitrogens is 5. The zero-order valence-corrected chi connectivity index (χ0v) is 10.4. The van der Waals surface area contributed by atoms with E-state index >= 15 is 0 Å². The number of hydrogen-bond acceptors (Lipinski definition) is 5. The van der Waals surface area contributed by atoms with Crippen LogP contribution in [0.3, 0.4) is 0 Å². The van der Waals surface area contributed by atoms with Crippen LogP contribution >= 0.6 is 0 Å². The van der Waals surface area contributed by atoms with Crippen molar-refractivity contribution in [2.75, 3.05) is 5.73 Å². The molecule has 4 aromatic rings. The Labute approximate surface area is 113 Å². The van der Waals surface area contributed by atoms with Crippen molar-refractivity contribution in [2.45, 2.75) is 0 Å². The third-order valence-electron chi connectivity index (χ3n) is 3.19. The van der Waals surface area contributed by atoms with E-state index in [-0.39, 0.29) is 0 Å². The van der Waals surface area contributed by atoms with Crippen LogP contribution in [0.25, 0.3) is 27.8 Å². The summed E-state index contributed by atoms with van der Waals surface area (Å²) in [6.45, 7) is 0. The molecule has 0 unspecified atom stereocenters. The number of nitrogens with zero attached hydrogens (tertiary/aromatic N) is 5. The van der Waals surface area contributed by atoms with Crippen LogP contribution in [0.2, 0.25) is 0 Å². The second-order valence-corrected chi connectivity index (χ2v) is 4.46. The number of anilines is 1. The molecule has 2 N–H and O–H groups in total. The number of rotatable bonds is 1. The lowest BCUT2D eigenvalue weighted by Gasteiger charge is -2.05. The predicted octanol–water partition coefficient (Wildman–Crippen LogP) is 1.95. The van der Waals surface area contributed by atoms with Crippen molar-refractivity contribution >= 4 is 27.6 Å². The molecule has 0 aliphatic heterocycles. The Hall–Kier alpha value is -3.02.